The topological polar surface area (TPSA) is 68.8 Å². The highest BCUT2D eigenvalue weighted by atomic mass is 19.4. The lowest BCUT2D eigenvalue weighted by molar-refractivity contribution is -0.137. The number of hydrogen-bond acceptors (Lipinski definition) is 5. The molecule has 26 heavy (non-hydrogen) atoms. The van der Waals surface area contributed by atoms with Gasteiger partial charge in [0.15, 0.2) is 0 Å². The third-order valence-corrected chi connectivity index (χ3v) is 4.07. The maximum atomic E-state index is 12.6. The van der Waals surface area contributed by atoms with Crippen molar-refractivity contribution < 1.29 is 22.8 Å². The molecule has 1 aliphatic rings. The van der Waals surface area contributed by atoms with E-state index in [1.54, 1.807) is 14.1 Å². The van der Waals surface area contributed by atoms with Crippen molar-refractivity contribution in [2.75, 3.05) is 58.3 Å². The quantitative estimate of drug-likeness (QED) is 0.811. The maximum Gasteiger partial charge on any atom is 0.417 e. The van der Waals surface area contributed by atoms with Crippen LogP contribution in [0.4, 0.5) is 19.0 Å². The van der Waals surface area contributed by atoms with E-state index in [0.29, 0.717) is 32.0 Å². The number of hydrogen-bond donors (Lipinski definition) is 1. The van der Waals surface area contributed by atoms with Gasteiger partial charge in [-0.05, 0) is 12.1 Å². The second kappa shape index (κ2) is 8.35. The van der Waals surface area contributed by atoms with E-state index >= 15 is 0 Å². The summed E-state index contributed by atoms with van der Waals surface area (Å²) in [6.07, 6.45) is -3.57. The van der Waals surface area contributed by atoms with Crippen LogP contribution in [-0.4, -0.2) is 80.0 Å². The monoisotopic (exact) mass is 373 g/mol. The number of halogens is 3. The van der Waals surface area contributed by atoms with Crippen molar-refractivity contribution in [3.05, 3.63) is 23.9 Å². The van der Waals surface area contributed by atoms with Crippen molar-refractivity contribution in [1.29, 1.82) is 0 Å². The van der Waals surface area contributed by atoms with Crippen LogP contribution in [0.1, 0.15) is 5.56 Å². The number of rotatable bonds is 5. The fourth-order valence-corrected chi connectivity index (χ4v) is 2.47. The Labute approximate surface area is 149 Å². The summed E-state index contributed by atoms with van der Waals surface area (Å²) in [6, 6.07) is 2.38. The molecule has 10 heteroatoms. The number of alkyl halides is 3. The van der Waals surface area contributed by atoms with E-state index < -0.39 is 11.7 Å². The summed E-state index contributed by atoms with van der Waals surface area (Å²) < 4.78 is 37.7. The molecular formula is C16H22F3N5O2. The molecular weight excluding hydrogens is 351 g/mol. The van der Waals surface area contributed by atoms with Crippen molar-refractivity contribution in [3.63, 3.8) is 0 Å². The fourth-order valence-electron chi connectivity index (χ4n) is 2.47. The molecule has 0 atom stereocenters. The normalized spacial score (nSPS) is 15.7. The predicted molar refractivity (Wildman–Crippen MR) is 89.6 cm³/mol. The molecule has 1 aliphatic heterocycles. The largest absolute Gasteiger partial charge is 0.417 e. The highest BCUT2D eigenvalue weighted by molar-refractivity contribution is 5.85. The molecule has 1 aromatic heterocycles. The summed E-state index contributed by atoms with van der Waals surface area (Å²) in [5.41, 5.74) is -0.774. The molecule has 1 N–H and O–H groups in total. The minimum atomic E-state index is -4.40. The van der Waals surface area contributed by atoms with Crippen LogP contribution in [0, 0.1) is 0 Å². The van der Waals surface area contributed by atoms with E-state index in [9.17, 15) is 22.8 Å². The Morgan fingerprint density at radius 3 is 2.35 bits per heavy atom. The van der Waals surface area contributed by atoms with Gasteiger partial charge < -0.3 is 15.1 Å². The van der Waals surface area contributed by atoms with Crippen molar-refractivity contribution in [2.45, 2.75) is 6.18 Å². The average molecular weight is 373 g/mol. The average Bonchev–Trinajstić information content (AvgIpc) is 2.59. The Hall–Kier alpha value is -2.36. The summed E-state index contributed by atoms with van der Waals surface area (Å²) in [5.74, 6) is 0.0662. The smallest absolute Gasteiger partial charge is 0.354 e. The SMILES string of the molecule is CN(C)C(=O)CNC(=O)CN1CCN(c2ccc(C(F)(F)F)cn2)CC1. The molecule has 0 bridgehead atoms. The summed E-state index contributed by atoms with van der Waals surface area (Å²) in [6.45, 7) is 2.41. The zero-order chi connectivity index (χ0) is 19.3. The van der Waals surface area contributed by atoms with Crippen molar-refractivity contribution in [1.82, 2.24) is 20.1 Å². The summed E-state index contributed by atoms with van der Waals surface area (Å²) in [7, 11) is 3.23. The lowest BCUT2D eigenvalue weighted by Gasteiger charge is -2.35. The molecule has 0 aliphatic carbocycles. The molecule has 0 saturated carbocycles. The van der Waals surface area contributed by atoms with Crippen LogP contribution in [0.15, 0.2) is 18.3 Å². The molecule has 2 heterocycles. The third kappa shape index (κ3) is 5.58. The van der Waals surface area contributed by atoms with Gasteiger partial charge >= 0.3 is 6.18 Å². The highest BCUT2D eigenvalue weighted by Crippen LogP contribution is 2.29. The van der Waals surface area contributed by atoms with Gasteiger partial charge in [-0.3, -0.25) is 14.5 Å². The first-order valence-electron chi connectivity index (χ1n) is 8.14. The molecule has 0 aromatic carbocycles. The highest BCUT2D eigenvalue weighted by Gasteiger charge is 2.31. The van der Waals surface area contributed by atoms with E-state index in [2.05, 4.69) is 10.3 Å². The molecule has 7 nitrogen and oxygen atoms in total. The second-order valence-electron chi connectivity index (χ2n) is 6.23. The van der Waals surface area contributed by atoms with Gasteiger partial charge in [0.25, 0.3) is 0 Å². The fraction of sp³-hybridized carbons (Fsp3) is 0.562. The van der Waals surface area contributed by atoms with Gasteiger partial charge in [0.1, 0.15) is 5.82 Å². The van der Waals surface area contributed by atoms with Crippen LogP contribution < -0.4 is 10.2 Å². The van der Waals surface area contributed by atoms with E-state index in [1.165, 1.54) is 11.0 Å². The maximum absolute atomic E-state index is 12.6. The summed E-state index contributed by atoms with van der Waals surface area (Å²) in [4.78, 5) is 32.4. The number of carbonyl (C=O) groups is 2. The van der Waals surface area contributed by atoms with Crippen LogP contribution in [0.25, 0.3) is 0 Å². The number of pyridine rings is 1. The van der Waals surface area contributed by atoms with Crippen LogP contribution in [0.5, 0.6) is 0 Å². The summed E-state index contributed by atoms with van der Waals surface area (Å²) >= 11 is 0. The van der Waals surface area contributed by atoms with Crippen LogP contribution in [0.2, 0.25) is 0 Å². The molecule has 0 radical (unpaired) electrons. The number of piperazine rings is 1. The Bertz CT molecular complexity index is 626. The standard InChI is InChI=1S/C16H22F3N5O2/c1-22(2)15(26)10-21-14(25)11-23-5-7-24(8-6-23)13-4-3-12(9-20-13)16(17,18)19/h3-4,9H,5-8,10-11H2,1-2H3,(H,21,25). The van der Waals surface area contributed by atoms with E-state index in [0.717, 1.165) is 12.3 Å². The molecule has 2 amide bonds. The van der Waals surface area contributed by atoms with Crippen LogP contribution >= 0.6 is 0 Å². The lowest BCUT2D eigenvalue weighted by Crippen LogP contribution is -2.50. The van der Waals surface area contributed by atoms with Crippen molar-refractivity contribution in [2.24, 2.45) is 0 Å². The van der Waals surface area contributed by atoms with Gasteiger partial charge in [-0.15, -0.1) is 0 Å². The number of nitrogens with one attached hydrogen (secondary N) is 1. The first-order valence-corrected chi connectivity index (χ1v) is 8.14. The molecule has 0 unspecified atom stereocenters. The first kappa shape index (κ1) is 20.0. The lowest BCUT2D eigenvalue weighted by atomic mass is 10.2. The number of carbonyl (C=O) groups excluding carboxylic acids is 2. The Balaban J connectivity index is 1.78. The second-order valence-corrected chi connectivity index (χ2v) is 6.23. The predicted octanol–water partition coefficient (Wildman–Crippen LogP) is 0.427. The van der Waals surface area contributed by atoms with Gasteiger partial charge in [-0.2, -0.15) is 13.2 Å². The van der Waals surface area contributed by atoms with Crippen LogP contribution in [-0.2, 0) is 15.8 Å². The number of amides is 2. The number of likely N-dealkylation sites (N-methyl/N-ethyl adjacent to an activating group) is 1. The Morgan fingerprint density at radius 2 is 1.85 bits per heavy atom. The zero-order valence-electron chi connectivity index (χ0n) is 14.7. The Morgan fingerprint density at radius 1 is 1.19 bits per heavy atom. The summed E-state index contributed by atoms with van der Waals surface area (Å²) in [5, 5.41) is 2.57. The molecule has 2 rings (SSSR count). The number of aromatic nitrogens is 1. The molecule has 1 fully saturated rings. The number of nitrogens with zero attached hydrogens (tertiary/aromatic N) is 4. The van der Waals surface area contributed by atoms with Crippen LogP contribution in [0.3, 0.4) is 0 Å². The Kier molecular flexibility index (Phi) is 6.41. The van der Waals surface area contributed by atoms with Gasteiger partial charge in [0, 0.05) is 46.5 Å². The van der Waals surface area contributed by atoms with Gasteiger partial charge in [0.05, 0.1) is 18.7 Å². The van der Waals surface area contributed by atoms with E-state index in [1.807, 2.05) is 9.80 Å². The molecule has 1 saturated heterocycles. The minimum Gasteiger partial charge on any atom is -0.354 e. The number of anilines is 1. The van der Waals surface area contributed by atoms with Gasteiger partial charge in [0.2, 0.25) is 11.8 Å². The van der Waals surface area contributed by atoms with Gasteiger partial charge in [-0.1, -0.05) is 0 Å². The minimum absolute atomic E-state index is 0.0404. The van der Waals surface area contributed by atoms with E-state index in [-0.39, 0.29) is 24.9 Å². The van der Waals surface area contributed by atoms with Crippen molar-refractivity contribution in [3.8, 4) is 0 Å². The van der Waals surface area contributed by atoms with Gasteiger partial charge in [-0.25, -0.2) is 4.98 Å². The van der Waals surface area contributed by atoms with E-state index in [4.69, 9.17) is 0 Å². The third-order valence-electron chi connectivity index (χ3n) is 4.07. The molecule has 1 aromatic rings. The molecule has 144 valence electrons. The molecule has 0 spiro atoms. The van der Waals surface area contributed by atoms with Crippen molar-refractivity contribution >= 4 is 17.6 Å². The zero-order valence-corrected chi connectivity index (χ0v) is 14.7. The first-order chi connectivity index (χ1) is 12.2.